The third kappa shape index (κ3) is 6.01. The number of ketones is 2. The summed E-state index contributed by atoms with van der Waals surface area (Å²) in [4.78, 5) is 49.9. The molecule has 2 aliphatic rings. The van der Waals surface area contributed by atoms with Crippen LogP contribution in [0, 0.1) is 35.0 Å². The van der Waals surface area contributed by atoms with Gasteiger partial charge in [0.2, 0.25) is 0 Å². The Bertz CT molecular complexity index is 902. The van der Waals surface area contributed by atoms with E-state index in [0.717, 1.165) is 12.2 Å². The van der Waals surface area contributed by atoms with Crippen molar-refractivity contribution in [3.63, 3.8) is 0 Å². The van der Waals surface area contributed by atoms with Gasteiger partial charge >= 0.3 is 11.9 Å². The van der Waals surface area contributed by atoms with E-state index in [1.807, 2.05) is 6.92 Å². The van der Waals surface area contributed by atoms with E-state index in [1.54, 1.807) is 20.8 Å². The number of aliphatic hydroxyl groups excluding tert-OH is 2. The van der Waals surface area contributed by atoms with Crippen LogP contribution < -0.4 is 0 Å². The van der Waals surface area contributed by atoms with Crippen molar-refractivity contribution in [3.8, 4) is 0 Å². The molecule has 0 radical (unpaired) electrons. The Morgan fingerprint density at radius 3 is 2.40 bits per heavy atom. The molecule has 0 heterocycles. The predicted molar refractivity (Wildman–Crippen MR) is 126 cm³/mol. The average molecular weight is 495 g/mol. The molecule has 0 saturated heterocycles. The van der Waals surface area contributed by atoms with E-state index in [2.05, 4.69) is 0 Å². The van der Waals surface area contributed by atoms with Crippen molar-refractivity contribution >= 4 is 23.5 Å². The Morgan fingerprint density at radius 2 is 1.86 bits per heavy atom. The number of carboxylic acids is 1. The van der Waals surface area contributed by atoms with Crippen LogP contribution in [-0.4, -0.2) is 62.2 Å². The van der Waals surface area contributed by atoms with E-state index >= 15 is 0 Å². The first kappa shape index (κ1) is 28.7. The summed E-state index contributed by atoms with van der Waals surface area (Å²) in [5.74, 6) is -5.60. The number of aliphatic hydroxyl groups is 3. The quantitative estimate of drug-likeness (QED) is 0.215. The Hall–Kier alpha value is -2.52. The van der Waals surface area contributed by atoms with Gasteiger partial charge in [-0.1, -0.05) is 26.3 Å². The second-order valence-corrected chi connectivity index (χ2v) is 10.7. The number of rotatable bonds is 9. The van der Waals surface area contributed by atoms with E-state index in [0.29, 0.717) is 24.7 Å². The first-order chi connectivity index (χ1) is 16.2. The molecule has 2 rings (SSSR count). The average Bonchev–Trinajstić information content (AvgIpc) is 2.72. The van der Waals surface area contributed by atoms with Crippen molar-refractivity contribution in [3.05, 3.63) is 24.0 Å². The Kier molecular flexibility index (Phi) is 9.05. The zero-order valence-corrected chi connectivity index (χ0v) is 21.1. The van der Waals surface area contributed by atoms with Crippen molar-refractivity contribution in [1.82, 2.24) is 0 Å². The molecule has 2 saturated carbocycles. The third-order valence-electron chi connectivity index (χ3n) is 7.89. The Balaban J connectivity index is 2.43. The summed E-state index contributed by atoms with van der Waals surface area (Å²) < 4.78 is 5.40. The van der Waals surface area contributed by atoms with Crippen molar-refractivity contribution in [2.24, 2.45) is 35.0 Å². The summed E-state index contributed by atoms with van der Waals surface area (Å²) in [6.45, 7) is 8.34. The van der Waals surface area contributed by atoms with E-state index in [1.165, 1.54) is 6.92 Å². The summed E-state index contributed by atoms with van der Waals surface area (Å²) in [5, 5.41) is 40.1. The van der Waals surface area contributed by atoms with Crippen LogP contribution in [-0.2, 0) is 23.9 Å². The van der Waals surface area contributed by atoms with Crippen LogP contribution in [0.15, 0.2) is 24.0 Å². The molecular weight excluding hydrogens is 456 g/mol. The number of fused-ring (bicyclic) bond motifs is 1. The summed E-state index contributed by atoms with van der Waals surface area (Å²) in [6, 6.07) is 0. The number of carbonyl (C=O) groups is 4. The zero-order valence-electron chi connectivity index (χ0n) is 21.1. The lowest BCUT2D eigenvalue weighted by Crippen LogP contribution is -2.65. The van der Waals surface area contributed by atoms with E-state index in [4.69, 9.17) is 9.84 Å². The number of esters is 1. The fourth-order valence-electron chi connectivity index (χ4n) is 6.67. The molecule has 8 atom stereocenters. The van der Waals surface area contributed by atoms with Crippen LogP contribution in [0.3, 0.4) is 0 Å². The number of Topliss-reactive ketones (excluding diaryl/α,β-unsaturated/α-hetero) is 1. The number of aliphatic carboxylic acids is 1. The third-order valence-corrected chi connectivity index (χ3v) is 7.89. The normalized spacial score (nSPS) is 36.5. The molecule has 9 heteroatoms. The van der Waals surface area contributed by atoms with Crippen LogP contribution in [0.25, 0.3) is 0 Å². The van der Waals surface area contributed by atoms with Gasteiger partial charge in [0, 0.05) is 29.4 Å². The molecule has 0 aliphatic heterocycles. The lowest BCUT2D eigenvalue weighted by atomic mass is 9.45. The number of allylic oxidation sites excluding steroid dienone is 1. The minimum atomic E-state index is -1.52. The highest BCUT2D eigenvalue weighted by Gasteiger charge is 2.64. The largest absolute Gasteiger partial charge is 0.515 e. The van der Waals surface area contributed by atoms with Crippen molar-refractivity contribution in [1.29, 1.82) is 0 Å². The molecule has 0 aromatic rings. The topological polar surface area (TPSA) is 158 Å². The van der Waals surface area contributed by atoms with Crippen LogP contribution in [0.5, 0.6) is 0 Å². The molecule has 1 unspecified atom stereocenters. The molecule has 2 aliphatic carbocycles. The van der Waals surface area contributed by atoms with E-state index < -0.39 is 64.3 Å². The van der Waals surface area contributed by atoms with E-state index in [9.17, 15) is 34.5 Å². The Labute approximate surface area is 205 Å². The maximum absolute atomic E-state index is 13.4. The van der Waals surface area contributed by atoms with E-state index in [-0.39, 0.29) is 25.4 Å². The van der Waals surface area contributed by atoms with Gasteiger partial charge in [-0.15, -0.1) is 0 Å². The highest BCUT2D eigenvalue weighted by atomic mass is 16.5. The first-order valence-electron chi connectivity index (χ1n) is 12.0. The number of carboxylic acid groups (broad SMARTS) is 1. The molecular formula is C26H38O9. The van der Waals surface area contributed by atoms with Crippen LogP contribution in [0.1, 0.15) is 60.3 Å². The van der Waals surface area contributed by atoms with Crippen molar-refractivity contribution in [2.75, 3.05) is 6.61 Å². The van der Waals surface area contributed by atoms with Gasteiger partial charge < -0.3 is 25.2 Å². The SMILES string of the molecule is CC[C@@H](COC(=O)C/C(C)=C/C(=O)O)[C@H]1C(O)C(=O)[C@H]2C[C@](C)(O)C[C@@H](C)[C@@H]2[C@@]1(C)C(=O)/C=C\O. The second-order valence-electron chi connectivity index (χ2n) is 10.7. The number of hydrogen-bond acceptors (Lipinski definition) is 8. The molecule has 0 amide bonds. The van der Waals surface area contributed by atoms with Gasteiger partial charge in [0.15, 0.2) is 11.6 Å². The van der Waals surface area contributed by atoms with Gasteiger partial charge in [-0.2, -0.15) is 0 Å². The molecule has 0 aromatic carbocycles. The summed E-state index contributed by atoms with van der Waals surface area (Å²) in [5.41, 5.74) is -2.07. The molecule has 9 nitrogen and oxygen atoms in total. The second kappa shape index (κ2) is 11.0. The smallest absolute Gasteiger partial charge is 0.328 e. The first-order valence-corrected chi connectivity index (χ1v) is 12.0. The molecule has 0 spiro atoms. The van der Waals surface area contributed by atoms with Gasteiger partial charge in [0.05, 0.1) is 24.9 Å². The maximum atomic E-state index is 13.4. The summed E-state index contributed by atoms with van der Waals surface area (Å²) >= 11 is 0. The highest BCUT2D eigenvalue weighted by Crippen LogP contribution is 2.58. The zero-order chi connectivity index (χ0) is 26.7. The number of carbonyl (C=O) groups excluding carboxylic acids is 3. The van der Waals surface area contributed by atoms with Crippen LogP contribution in [0.4, 0.5) is 0 Å². The van der Waals surface area contributed by atoms with Crippen LogP contribution in [0.2, 0.25) is 0 Å². The molecule has 196 valence electrons. The number of hydrogen-bond donors (Lipinski definition) is 4. The minimum Gasteiger partial charge on any atom is -0.515 e. The number of ether oxygens (including phenoxy) is 1. The maximum Gasteiger partial charge on any atom is 0.328 e. The van der Waals surface area contributed by atoms with Gasteiger partial charge in [0.25, 0.3) is 0 Å². The van der Waals surface area contributed by atoms with Gasteiger partial charge in [0.1, 0.15) is 6.10 Å². The fraction of sp³-hybridized carbons (Fsp3) is 0.692. The monoisotopic (exact) mass is 494 g/mol. The molecule has 0 bridgehead atoms. The van der Waals surface area contributed by atoms with Gasteiger partial charge in [-0.05, 0) is 50.9 Å². The standard InChI is InChI=1S/C26H38O9/c1-6-16(13-35-20(31)10-14(2)9-19(29)30)22-24(33)23(32)17-12-25(4,34)11-15(3)21(17)26(22,5)18(28)7-8-27/h7-9,15-17,21-22,24,27,33-34H,6,10-13H2,1-5H3,(H,29,30)/b8-7-,14-9+/t15-,16+,17+,21+,22+,24?,25-,26-/m1/s1. The Morgan fingerprint density at radius 1 is 1.23 bits per heavy atom. The lowest BCUT2D eigenvalue weighted by molar-refractivity contribution is -0.188. The van der Waals surface area contributed by atoms with Crippen LogP contribution >= 0.6 is 0 Å². The van der Waals surface area contributed by atoms with Gasteiger partial charge in [-0.25, -0.2) is 4.79 Å². The van der Waals surface area contributed by atoms with Gasteiger partial charge in [-0.3, -0.25) is 14.4 Å². The van der Waals surface area contributed by atoms with Crippen molar-refractivity contribution < 1.29 is 44.3 Å². The molecule has 2 fully saturated rings. The molecule has 0 aromatic heterocycles. The van der Waals surface area contributed by atoms with Crippen molar-refractivity contribution in [2.45, 2.75) is 72.0 Å². The predicted octanol–water partition coefficient (Wildman–Crippen LogP) is 2.60. The summed E-state index contributed by atoms with van der Waals surface area (Å²) in [7, 11) is 0. The molecule has 4 N–H and O–H groups in total. The molecule has 35 heavy (non-hydrogen) atoms. The summed E-state index contributed by atoms with van der Waals surface area (Å²) in [6.07, 6.45) is 1.73. The fourth-order valence-corrected chi connectivity index (χ4v) is 6.67. The minimum absolute atomic E-state index is 0.122. The highest BCUT2D eigenvalue weighted by molar-refractivity contribution is 5.98. The lowest BCUT2D eigenvalue weighted by Gasteiger charge is -2.58.